The number of nitrogens with zero attached hydrogens (tertiary/aromatic N) is 2. The number of hydrogen-bond acceptors (Lipinski definition) is 4. The summed E-state index contributed by atoms with van der Waals surface area (Å²) in [5.74, 6) is 3.49. The Balaban J connectivity index is 1.91. The normalized spacial score (nSPS) is 10.5. The smallest absolute Gasteiger partial charge is 0.276 e. The highest BCUT2D eigenvalue weighted by atomic mass is 16.5. The summed E-state index contributed by atoms with van der Waals surface area (Å²) in [5, 5.41) is 0. The Bertz CT molecular complexity index is 816. The van der Waals surface area contributed by atoms with E-state index in [0.717, 1.165) is 35.2 Å². The zero-order valence-electron chi connectivity index (χ0n) is 14.8. The molecule has 0 atom stereocenters. The number of pyridine rings is 1. The maximum absolute atomic E-state index is 5.55. The van der Waals surface area contributed by atoms with Crippen molar-refractivity contribution in [2.45, 2.75) is 13.1 Å². The van der Waals surface area contributed by atoms with Gasteiger partial charge in [0.2, 0.25) is 0 Å². The molecule has 0 radical (unpaired) electrons. The maximum atomic E-state index is 5.55. The van der Waals surface area contributed by atoms with Crippen LogP contribution in [0.2, 0.25) is 0 Å². The Kier molecular flexibility index (Phi) is 5.23. The van der Waals surface area contributed by atoms with Crippen LogP contribution in [0.4, 0.5) is 5.82 Å². The van der Waals surface area contributed by atoms with E-state index in [1.165, 1.54) is 0 Å². The number of methoxy groups -OCH3 is 2. The lowest BCUT2D eigenvalue weighted by Crippen LogP contribution is -2.38. The third kappa shape index (κ3) is 3.94. The van der Waals surface area contributed by atoms with Crippen LogP contribution in [0, 0.1) is 0 Å². The van der Waals surface area contributed by atoms with Crippen molar-refractivity contribution in [3.05, 3.63) is 72.3 Å². The Hall–Kier alpha value is -2.95. The molecule has 5 heteroatoms. The van der Waals surface area contributed by atoms with Crippen molar-refractivity contribution in [3.63, 3.8) is 0 Å². The van der Waals surface area contributed by atoms with Crippen LogP contribution in [0.3, 0.4) is 0 Å². The molecule has 25 heavy (non-hydrogen) atoms. The van der Waals surface area contributed by atoms with Crippen molar-refractivity contribution < 1.29 is 18.5 Å². The number of aryl methyl sites for hydroxylation is 1. The standard InChI is InChI=1S/C20H23N2O3/c1-21-11-5-4-8-20(21)22(15-17-7-6-12-25-17)14-16-9-10-18(23-2)19(13-16)24-3/h4-13H,14-15H2,1-3H3/q+1. The second kappa shape index (κ2) is 7.75. The molecule has 0 N–H and O–H groups in total. The van der Waals surface area contributed by atoms with Crippen molar-refractivity contribution in [1.29, 1.82) is 0 Å². The van der Waals surface area contributed by atoms with Crippen molar-refractivity contribution in [1.82, 2.24) is 0 Å². The predicted octanol–water partition coefficient (Wildman–Crippen LogP) is 3.33. The first kappa shape index (κ1) is 16.9. The minimum Gasteiger partial charge on any atom is -0.493 e. The van der Waals surface area contributed by atoms with Crippen LogP contribution in [0.15, 0.2) is 65.4 Å². The van der Waals surface area contributed by atoms with E-state index < -0.39 is 0 Å². The molecule has 0 aliphatic heterocycles. The molecule has 3 rings (SSSR count). The molecule has 0 bridgehead atoms. The van der Waals surface area contributed by atoms with Crippen LogP contribution >= 0.6 is 0 Å². The van der Waals surface area contributed by atoms with Gasteiger partial charge in [0.25, 0.3) is 5.82 Å². The van der Waals surface area contributed by atoms with E-state index in [9.17, 15) is 0 Å². The van der Waals surface area contributed by atoms with Crippen molar-refractivity contribution in [2.24, 2.45) is 7.05 Å². The molecule has 0 aliphatic carbocycles. The summed E-state index contributed by atoms with van der Waals surface area (Å²) in [6, 6.07) is 16.1. The number of benzene rings is 1. The summed E-state index contributed by atoms with van der Waals surface area (Å²) in [6.07, 6.45) is 3.74. The molecule has 0 aliphatic rings. The predicted molar refractivity (Wildman–Crippen MR) is 95.8 cm³/mol. The molecule has 2 aromatic heterocycles. The van der Waals surface area contributed by atoms with Gasteiger partial charge in [-0.05, 0) is 35.9 Å². The van der Waals surface area contributed by atoms with E-state index in [4.69, 9.17) is 13.9 Å². The molecule has 2 heterocycles. The molecular formula is C20H23N2O3+. The second-order valence-electron chi connectivity index (χ2n) is 5.79. The second-order valence-corrected chi connectivity index (χ2v) is 5.79. The summed E-state index contributed by atoms with van der Waals surface area (Å²) in [4.78, 5) is 2.26. The van der Waals surface area contributed by atoms with Crippen LogP contribution in [0.1, 0.15) is 11.3 Å². The summed E-state index contributed by atoms with van der Waals surface area (Å²) in [6.45, 7) is 1.40. The van der Waals surface area contributed by atoms with Gasteiger partial charge in [-0.1, -0.05) is 12.1 Å². The zero-order valence-corrected chi connectivity index (χ0v) is 14.8. The van der Waals surface area contributed by atoms with E-state index in [1.807, 2.05) is 49.6 Å². The van der Waals surface area contributed by atoms with E-state index >= 15 is 0 Å². The molecule has 0 fully saturated rings. The lowest BCUT2D eigenvalue weighted by Gasteiger charge is -2.18. The van der Waals surface area contributed by atoms with Gasteiger partial charge < -0.3 is 13.9 Å². The first-order valence-corrected chi connectivity index (χ1v) is 8.14. The molecule has 1 aromatic carbocycles. The van der Waals surface area contributed by atoms with Crippen molar-refractivity contribution in [2.75, 3.05) is 19.1 Å². The first-order valence-electron chi connectivity index (χ1n) is 8.14. The Morgan fingerprint density at radius 3 is 2.48 bits per heavy atom. The minimum atomic E-state index is 0.680. The maximum Gasteiger partial charge on any atom is 0.276 e. The molecule has 130 valence electrons. The number of aromatic nitrogens is 1. The molecule has 0 spiro atoms. The van der Waals surface area contributed by atoms with Gasteiger partial charge in [0.15, 0.2) is 11.5 Å². The fourth-order valence-electron chi connectivity index (χ4n) is 2.85. The SMILES string of the molecule is COc1ccc(CN(Cc2ccco2)c2cccc[n+]2C)cc1OC. The average Bonchev–Trinajstić information content (AvgIpc) is 3.14. The number of rotatable bonds is 7. The van der Waals surface area contributed by atoms with Crippen LogP contribution in [-0.4, -0.2) is 14.2 Å². The van der Waals surface area contributed by atoms with Gasteiger partial charge in [0.1, 0.15) is 18.8 Å². The molecule has 0 saturated heterocycles. The lowest BCUT2D eigenvalue weighted by atomic mass is 10.1. The zero-order chi connectivity index (χ0) is 17.6. The van der Waals surface area contributed by atoms with Gasteiger partial charge >= 0.3 is 0 Å². The van der Waals surface area contributed by atoms with Crippen LogP contribution in [-0.2, 0) is 20.1 Å². The van der Waals surface area contributed by atoms with Gasteiger partial charge in [-0.15, -0.1) is 0 Å². The van der Waals surface area contributed by atoms with Gasteiger partial charge in [-0.3, -0.25) is 4.90 Å². The molecular weight excluding hydrogens is 316 g/mol. The third-order valence-corrected chi connectivity index (χ3v) is 4.10. The molecule has 5 nitrogen and oxygen atoms in total. The molecule has 0 amide bonds. The number of furan rings is 1. The van der Waals surface area contributed by atoms with Crippen molar-refractivity contribution >= 4 is 5.82 Å². The van der Waals surface area contributed by atoms with Crippen LogP contribution in [0.5, 0.6) is 11.5 Å². The van der Waals surface area contributed by atoms with E-state index in [0.29, 0.717) is 6.54 Å². The summed E-state index contributed by atoms with van der Waals surface area (Å²) < 4.78 is 18.4. The number of anilines is 1. The summed E-state index contributed by atoms with van der Waals surface area (Å²) in [7, 11) is 5.34. The molecule has 3 aromatic rings. The highest BCUT2D eigenvalue weighted by molar-refractivity contribution is 5.44. The minimum absolute atomic E-state index is 0.680. The summed E-state index contributed by atoms with van der Waals surface area (Å²) in [5.41, 5.74) is 1.13. The Morgan fingerprint density at radius 1 is 0.960 bits per heavy atom. The van der Waals surface area contributed by atoms with Crippen molar-refractivity contribution in [3.8, 4) is 11.5 Å². The third-order valence-electron chi connectivity index (χ3n) is 4.10. The molecule has 0 unspecified atom stereocenters. The first-order chi connectivity index (χ1) is 12.2. The van der Waals surface area contributed by atoms with E-state index in [-0.39, 0.29) is 0 Å². The van der Waals surface area contributed by atoms with E-state index in [2.05, 4.69) is 21.6 Å². The Labute approximate surface area is 148 Å². The van der Waals surface area contributed by atoms with Gasteiger partial charge in [0, 0.05) is 6.07 Å². The number of hydrogen-bond donors (Lipinski definition) is 0. The fourth-order valence-corrected chi connectivity index (χ4v) is 2.85. The van der Waals surface area contributed by atoms with Crippen LogP contribution < -0.4 is 18.9 Å². The van der Waals surface area contributed by atoms with E-state index in [1.54, 1.807) is 20.5 Å². The van der Waals surface area contributed by atoms with Gasteiger partial charge in [0.05, 0.1) is 33.7 Å². The van der Waals surface area contributed by atoms with Gasteiger partial charge in [-0.25, -0.2) is 4.57 Å². The topological polar surface area (TPSA) is 38.7 Å². The number of ether oxygens (including phenoxy) is 2. The lowest BCUT2D eigenvalue weighted by molar-refractivity contribution is -0.659. The average molecular weight is 339 g/mol. The Morgan fingerprint density at radius 2 is 1.80 bits per heavy atom. The molecule has 0 saturated carbocycles. The highest BCUT2D eigenvalue weighted by Gasteiger charge is 2.20. The fraction of sp³-hybridized carbons (Fsp3) is 0.250. The highest BCUT2D eigenvalue weighted by Crippen LogP contribution is 2.28. The summed E-state index contributed by atoms with van der Waals surface area (Å²) >= 11 is 0. The monoisotopic (exact) mass is 339 g/mol. The largest absolute Gasteiger partial charge is 0.493 e. The van der Waals surface area contributed by atoms with Crippen LogP contribution in [0.25, 0.3) is 0 Å². The quantitative estimate of drug-likeness (QED) is 0.619. The van der Waals surface area contributed by atoms with Gasteiger partial charge in [-0.2, -0.15) is 0 Å².